The maximum Gasteiger partial charge on any atom is 0.405 e. The zero-order valence-corrected chi connectivity index (χ0v) is 17.8. The van der Waals surface area contributed by atoms with Gasteiger partial charge in [0.25, 0.3) is 0 Å². The van der Waals surface area contributed by atoms with Crippen LogP contribution in [0.2, 0.25) is 0 Å². The maximum absolute atomic E-state index is 13.7. The molecule has 9 nitrogen and oxygen atoms in total. The van der Waals surface area contributed by atoms with Gasteiger partial charge in [-0.05, 0) is 36.2 Å². The van der Waals surface area contributed by atoms with Crippen molar-refractivity contribution in [3.63, 3.8) is 0 Å². The van der Waals surface area contributed by atoms with Crippen LogP contribution in [-0.2, 0) is 28.6 Å². The Morgan fingerprint density at radius 1 is 1.23 bits per heavy atom. The molecule has 0 bridgehead atoms. The lowest BCUT2D eigenvalue weighted by molar-refractivity contribution is -0.207. The molecule has 1 aromatic heterocycles. The second-order valence-corrected chi connectivity index (χ2v) is 9.36. The molecule has 1 aromatic rings. The summed E-state index contributed by atoms with van der Waals surface area (Å²) in [6.45, 7) is 3.79. The second-order valence-electron chi connectivity index (χ2n) is 9.36. The molecule has 2 N–H and O–H groups in total. The lowest BCUT2D eigenvalue weighted by Gasteiger charge is -2.60. The molecule has 4 rings (SSSR count). The van der Waals surface area contributed by atoms with E-state index in [4.69, 9.17) is 24.4 Å². The van der Waals surface area contributed by atoms with Gasteiger partial charge in [-0.2, -0.15) is 0 Å². The number of amides is 1. The van der Waals surface area contributed by atoms with E-state index < -0.39 is 52.9 Å². The Hall–Kier alpha value is -2.84. The van der Waals surface area contributed by atoms with Gasteiger partial charge >= 0.3 is 18.0 Å². The van der Waals surface area contributed by atoms with E-state index in [0.29, 0.717) is 24.8 Å². The number of esters is 2. The highest BCUT2D eigenvalue weighted by molar-refractivity contribution is 5.93. The van der Waals surface area contributed by atoms with Crippen molar-refractivity contribution >= 4 is 23.8 Å². The number of furan rings is 1. The number of hydrogen-bond acceptors (Lipinski definition) is 8. The van der Waals surface area contributed by atoms with Gasteiger partial charge in [0.05, 0.1) is 31.5 Å². The van der Waals surface area contributed by atoms with Crippen LogP contribution < -0.4 is 5.73 Å². The predicted molar refractivity (Wildman–Crippen MR) is 104 cm³/mol. The zero-order chi connectivity index (χ0) is 22.6. The number of nitrogens with two attached hydrogens (primary N) is 1. The fourth-order valence-corrected chi connectivity index (χ4v) is 6.40. The van der Waals surface area contributed by atoms with E-state index in [1.165, 1.54) is 19.6 Å². The Morgan fingerprint density at radius 3 is 2.58 bits per heavy atom. The van der Waals surface area contributed by atoms with Gasteiger partial charge in [-0.3, -0.25) is 14.4 Å². The average Bonchev–Trinajstić information content (AvgIpc) is 3.23. The van der Waals surface area contributed by atoms with Crippen molar-refractivity contribution in [3.05, 3.63) is 24.2 Å². The van der Waals surface area contributed by atoms with Gasteiger partial charge in [0, 0.05) is 17.9 Å². The third-order valence-corrected chi connectivity index (χ3v) is 7.76. The fraction of sp³-hybridized carbons (Fsp3) is 0.636. The summed E-state index contributed by atoms with van der Waals surface area (Å²) in [5.41, 5.74) is 4.34. The number of fused-ring (bicyclic) bond motifs is 3. The quantitative estimate of drug-likeness (QED) is 0.567. The van der Waals surface area contributed by atoms with Crippen LogP contribution in [0.15, 0.2) is 23.0 Å². The van der Waals surface area contributed by atoms with Gasteiger partial charge in [0.15, 0.2) is 11.9 Å². The van der Waals surface area contributed by atoms with E-state index >= 15 is 0 Å². The van der Waals surface area contributed by atoms with Crippen molar-refractivity contribution in [3.8, 4) is 0 Å². The molecule has 31 heavy (non-hydrogen) atoms. The second kappa shape index (κ2) is 7.39. The number of primary amides is 1. The van der Waals surface area contributed by atoms with Gasteiger partial charge in [-0.25, -0.2) is 4.79 Å². The number of ketones is 1. The molecule has 7 atom stereocenters. The summed E-state index contributed by atoms with van der Waals surface area (Å²) in [5, 5.41) is 0. The monoisotopic (exact) mass is 433 g/mol. The average molecular weight is 433 g/mol. The molecule has 3 fully saturated rings. The first kappa shape index (κ1) is 21.4. The molecule has 3 aliphatic rings. The SMILES string of the molecule is COC(=O)[C@@H]1C[C@H](OC(N)=O)C(=O)[C@H]2[C@@]1(C)CC[C@H]1C(=O)O[C@@H](c3ccoc3)C[C@]21C. The molecule has 0 spiro atoms. The van der Waals surface area contributed by atoms with Crippen LogP contribution in [0.5, 0.6) is 0 Å². The Morgan fingerprint density at radius 2 is 1.97 bits per heavy atom. The van der Waals surface area contributed by atoms with Crippen molar-refractivity contribution in [1.82, 2.24) is 0 Å². The van der Waals surface area contributed by atoms with Crippen LogP contribution in [0.3, 0.4) is 0 Å². The molecule has 1 amide bonds. The molecule has 1 saturated heterocycles. The summed E-state index contributed by atoms with van der Waals surface area (Å²) in [5.74, 6) is -3.05. The minimum Gasteiger partial charge on any atom is -0.472 e. The Kier molecular flexibility index (Phi) is 5.10. The van der Waals surface area contributed by atoms with Crippen molar-refractivity contribution in [2.45, 2.75) is 51.7 Å². The van der Waals surface area contributed by atoms with Gasteiger partial charge in [-0.15, -0.1) is 0 Å². The highest BCUT2D eigenvalue weighted by Gasteiger charge is 2.67. The normalized spacial score (nSPS) is 39.6. The lowest BCUT2D eigenvalue weighted by atomic mass is 9.43. The summed E-state index contributed by atoms with van der Waals surface area (Å²) in [6.07, 6.45) is 1.55. The highest BCUT2D eigenvalue weighted by atomic mass is 16.6. The standard InChI is InChI=1S/C22H27NO8/c1-21-6-4-12-19(26)30-15(11-5-7-29-10-11)9-22(12,2)17(21)16(24)14(31-20(23)27)8-13(21)18(25)28-3/h5,7,10,12-15,17H,4,6,8-9H2,1-3H3,(H2,23,27)/t12-,13-,14-,15+,17-,21-,22-/m0/s1. The smallest absolute Gasteiger partial charge is 0.405 e. The third-order valence-electron chi connectivity index (χ3n) is 7.76. The minimum atomic E-state index is -1.17. The first-order valence-electron chi connectivity index (χ1n) is 10.4. The molecule has 168 valence electrons. The van der Waals surface area contributed by atoms with Gasteiger partial charge in [-0.1, -0.05) is 13.8 Å². The van der Waals surface area contributed by atoms with Crippen molar-refractivity contribution in [1.29, 1.82) is 0 Å². The van der Waals surface area contributed by atoms with Gasteiger partial charge < -0.3 is 24.4 Å². The topological polar surface area (TPSA) is 135 Å². The number of rotatable bonds is 3. The Balaban J connectivity index is 1.80. The van der Waals surface area contributed by atoms with Crippen LogP contribution in [0.4, 0.5) is 4.79 Å². The lowest BCUT2D eigenvalue weighted by Crippen LogP contribution is -2.65. The van der Waals surface area contributed by atoms with E-state index in [9.17, 15) is 19.2 Å². The van der Waals surface area contributed by atoms with Crippen LogP contribution >= 0.6 is 0 Å². The predicted octanol–water partition coefficient (Wildman–Crippen LogP) is 2.53. The molecular weight excluding hydrogens is 406 g/mol. The summed E-state index contributed by atoms with van der Waals surface area (Å²) in [4.78, 5) is 50.9. The minimum absolute atomic E-state index is 0.0117. The number of Topliss-reactive ketones (excluding diaryl/α,β-unsaturated/α-hetero) is 1. The summed E-state index contributed by atoms with van der Waals surface area (Å²) in [6, 6.07) is 1.72. The number of carbonyl (C=O) groups is 4. The largest absolute Gasteiger partial charge is 0.472 e. The van der Waals surface area contributed by atoms with Crippen LogP contribution in [0, 0.1) is 28.6 Å². The molecule has 2 aliphatic carbocycles. The molecule has 9 heteroatoms. The van der Waals surface area contributed by atoms with Crippen molar-refractivity contribution in [2.75, 3.05) is 7.11 Å². The third kappa shape index (κ3) is 3.21. The highest BCUT2D eigenvalue weighted by Crippen LogP contribution is 2.65. The summed E-state index contributed by atoms with van der Waals surface area (Å²) >= 11 is 0. The molecular formula is C22H27NO8. The fourth-order valence-electron chi connectivity index (χ4n) is 6.40. The zero-order valence-electron chi connectivity index (χ0n) is 17.8. The Labute approximate surface area is 179 Å². The number of hydrogen-bond donors (Lipinski definition) is 1. The first-order chi connectivity index (χ1) is 14.6. The van der Waals surface area contributed by atoms with Gasteiger partial charge in [0.1, 0.15) is 6.10 Å². The number of ether oxygens (including phenoxy) is 3. The van der Waals surface area contributed by atoms with E-state index in [1.807, 2.05) is 13.8 Å². The first-order valence-corrected chi connectivity index (χ1v) is 10.4. The molecule has 1 aliphatic heterocycles. The molecule has 2 saturated carbocycles. The van der Waals surface area contributed by atoms with E-state index in [0.717, 1.165) is 0 Å². The van der Waals surface area contributed by atoms with Crippen LogP contribution in [0.25, 0.3) is 0 Å². The van der Waals surface area contributed by atoms with Crippen LogP contribution in [-0.4, -0.2) is 37.0 Å². The maximum atomic E-state index is 13.7. The van der Waals surface area contributed by atoms with Crippen molar-refractivity contribution in [2.24, 2.45) is 34.3 Å². The van der Waals surface area contributed by atoms with Crippen molar-refractivity contribution < 1.29 is 37.8 Å². The number of carbonyl (C=O) groups excluding carboxylic acids is 4. The van der Waals surface area contributed by atoms with E-state index in [1.54, 1.807) is 6.07 Å². The van der Waals surface area contributed by atoms with E-state index in [2.05, 4.69) is 0 Å². The van der Waals surface area contributed by atoms with Crippen LogP contribution in [0.1, 0.15) is 51.2 Å². The summed E-state index contributed by atoms with van der Waals surface area (Å²) < 4.78 is 21.0. The number of cyclic esters (lactones) is 1. The van der Waals surface area contributed by atoms with Gasteiger partial charge in [0.2, 0.25) is 0 Å². The molecule has 0 unspecified atom stereocenters. The molecule has 0 aromatic carbocycles. The van der Waals surface area contributed by atoms with E-state index in [-0.39, 0.29) is 18.2 Å². The molecule has 2 heterocycles. The number of methoxy groups -OCH3 is 1. The Bertz CT molecular complexity index is 911. The summed E-state index contributed by atoms with van der Waals surface area (Å²) in [7, 11) is 1.29. The molecule has 0 radical (unpaired) electrons.